The molecule has 2 heterocycles. The summed E-state index contributed by atoms with van der Waals surface area (Å²) in [6.07, 6.45) is 4.91. The van der Waals surface area contributed by atoms with E-state index in [9.17, 15) is 14.4 Å². The van der Waals surface area contributed by atoms with Gasteiger partial charge in [-0.15, -0.1) is 11.3 Å². The van der Waals surface area contributed by atoms with Crippen molar-refractivity contribution in [2.75, 3.05) is 11.9 Å². The standard InChI is InChI=1S/C24H27N3O5S2/c1-4-31-23(29)19-17-8-6-5-7-9-18(17)34-21(19)25-20(28)15(3)33-22-24(30)32-26-27(22)16-12-10-14(2)11-13-16/h10-13,15H,4-9H2,1-3H3,(H-,25,26,28,29,30)/p+1. The van der Waals surface area contributed by atoms with E-state index in [0.29, 0.717) is 10.6 Å². The molecule has 0 spiro atoms. The molecule has 34 heavy (non-hydrogen) atoms. The van der Waals surface area contributed by atoms with Gasteiger partial charge in [0.05, 0.1) is 17.4 Å². The predicted molar refractivity (Wildman–Crippen MR) is 131 cm³/mol. The number of H-pyrrole nitrogens is 1. The molecule has 1 aliphatic carbocycles. The highest BCUT2D eigenvalue weighted by Crippen LogP contribution is 2.38. The van der Waals surface area contributed by atoms with E-state index in [1.54, 1.807) is 13.8 Å². The summed E-state index contributed by atoms with van der Waals surface area (Å²) in [6.45, 7) is 5.73. The van der Waals surface area contributed by atoms with Gasteiger partial charge >= 0.3 is 16.6 Å². The molecule has 0 aliphatic heterocycles. The fraction of sp³-hybridized carbons (Fsp3) is 0.417. The molecule has 180 valence electrons. The molecule has 1 atom stereocenters. The Bertz CT molecular complexity index is 1240. The van der Waals surface area contributed by atoms with Gasteiger partial charge < -0.3 is 10.1 Å². The number of esters is 1. The van der Waals surface area contributed by atoms with Crippen molar-refractivity contribution in [2.45, 2.75) is 63.2 Å². The molecule has 8 nitrogen and oxygen atoms in total. The number of anilines is 1. The Morgan fingerprint density at radius 3 is 2.71 bits per heavy atom. The summed E-state index contributed by atoms with van der Waals surface area (Å²) in [5.41, 5.74) is 2.73. The van der Waals surface area contributed by atoms with Gasteiger partial charge in [0.25, 0.3) is 0 Å². The normalized spacial score (nSPS) is 14.2. The largest absolute Gasteiger partial charge is 0.462 e. The highest BCUT2D eigenvalue weighted by Gasteiger charge is 2.31. The number of hydrogen-bond donors (Lipinski definition) is 2. The van der Waals surface area contributed by atoms with Gasteiger partial charge in [-0.3, -0.25) is 9.32 Å². The number of ether oxygens (including phenoxy) is 1. The van der Waals surface area contributed by atoms with Crippen LogP contribution in [0.3, 0.4) is 0 Å². The van der Waals surface area contributed by atoms with Gasteiger partial charge in [0.15, 0.2) is 0 Å². The third-order valence-corrected chi connectivity index (χ3v) is 8.04. The van der Waals surface area contributed by atoms with Crippen LogP contribution in [0.25, 0.3) is 5.69 Å². The summed E-state index contributed by atoms with van der Waals surface area (Å²) in [5.74, 6) is -0.705. The third-order valence-electron chi connectivity index (χ3n) is 5.69. The number of carbonyl (C=O) groups is 2. The lowest BCUT2D eigenvalue weighted by Gasteiger charge is -2.11. The van der Waals surface area contributed by atoms with Gasteiger partial charge in [0.1, 0.15) is 5.00 Å². The van der Waals surface area contributed by atoms with Crippen molar-refractivity contribution >= 4 is 40.0 Å². The fourth-order valence-corrected chi connectivity index (χ4v) is 6.08. The Hall–Kier alpha value is -2.85. The van der Waals surface area contributed by atoms with Crippen LogP contribution in [-0.4, -0.2) is 29.0 Å². The summed E-state index contributed by atoms with van der Waals surface area (Å²) in [4.78, 5) is 39.4. The first kappa shape index (κ1) is 24.3. The Kier molecular flexibility index (Phi) is 7.57. The van der Waals surface area contributed by atoms with Crippen molar-refractivity contribution in [1.82, 2.24) is 5.27 Å². The van der Waals surface area contributed by atoms with E-state index in [-0.39, 0.29) is 17.5 Å². The maximum absolute atomic E-state index is 13.1. The van der Waals surface area contributed by atoms with E-state index in [1.807, 2.05) is 31.2 Å². The predicted octanol–water partition coefficient (Wildman–Crippen LogP) is 4.18. The Balaban J connectivity index is 1.56. The van der Waals surface area contributed by atoms with Gasteiger partial charge in [-0.1, -0.05) is 24.1 Å². The van der Waals surface area contributed by atoms with Gasteiger partial charge in [-0.25, -0.2) is 9.59 Å². The molecule has 0 bridgehead atoms. The molecule has 1 aliphatic rings. The molecular weight excluding hydrogens is 474 g/mol. The van der Waals surface area contributed by atoms with Gasteiger partial charge in [0, 0.05) is 17.0 Å². The summed E-state index contributed by atoms with van der Waals surface area (Å²) < 4.78 is 11.8. The molecule has 0 saturated heterocycles. The van der Waals surface area contributed by atoms with Crippen molar-refractivity contribution in [3.05, 3.63) is 56.3 Å². The monoisotopic (exact) mass is 502 g/mol. The van der Waals surface area contributed by atoms with Crippen LogP contribution in [-0.2, 0) is 22.4 Å². The van der Waals surface area contributed by atoms with Crippen LogP contribution in [0.2, 0.25) is 0 Å². The molecule has 1 amide bonds. The zero-order valence-corrected chi connectivity index (χ0v) is 21.1. The SMILES string of the molecule is CCOC(=O)c1c(NC(=O)C(C)Sc2c(=O)o[nH][n+]2-c2ccc(C)cc2)sc2c1CCCCC2. The number of hydrogen-bond acceptors (Lipinski definition) is 7. The van der Waals surface area contributed by atoms with E-state index in [4.69, 9.17) is 9.26 Å². The van der Waals surface area contributed by atoms with Crippen LogP contribution in [0.5, 0.6) is 0 Å². The molecule has 2 aromatic heterocycles. The number of fused-ring (bicyclic) bond motifs is 1. The first-order valence-corrected chi connectivity index (χ1v) is 13.1. The number of aromatic amines is 1. The average Bonchev–Trinajstić information content (AvgIpc) is 3.25. The minimum absolute atomic E-state index is 0.263. The van der Waals surface area contributed by atoms with Crippen molar-refractivity contribution in [3.8, 4) is 5.69 Å². The second-order valence-electron chi connectivity index (χ2n) is 8.20. The van der Waals surface area contributed by atoms with Crippen LogP contribution in [0.1, 0.15) is 59.5 Å². The summed E-state index contributed by atoms with van der Waals surface area (Å²) in [6, 6.07) is 7.58. The second kappa shape index (κ2) is 10.6. The minimum Gasteiger partial charge on any atom is -0.462 e. The molecule has 0 radical (unpaired) electrons. The molecule has 0 saturated carbocycles. The number of nitrogens with one attached hydrogen (secondary N) is 2. The Morgan fingerprint density at radius 2 is 1.97 bits per heavy atom. The molecule has 4 rings (SSSR count). The Labute approximate surface area is 205 Å². The van der Waals surface area contributed by atoms with Crippen LogP contribution in [0.4, 0.5) is 5.00 Å². The summed E-state index contributed by atoms with van der Waals surface area (Å²) in [5, 5.41) is 5.70. The third kappa shape index (κ3) is 5.12. The number of carbonyl (C=O) groups excluding carboxylic acids is 2. The maximum Gasteiger partial charge on any atom is 0.442 e. The van der Waals surface area contributed by atoms with E-state index in [2.05, 4.69) is 10.6 Å². The molecule has 0 fully saturated rings. The molecule has 1 aromatic carbocycles. The van der Waals surface area contributed by atoms with Crippen LogP contribution >= 0.6 is 23.1 Å². The average molecular weight is 503 g/mol. The Morgan fingerprint density at radius 1 is 1.24 bits per heavy atom. The molecule has 1 unspecified atom stereocenters. The number of aryl methyl sites for hydroxylation is 2. The highest BCUT2D eigenvalue weighted by molar-refractivity contribution is 8.00. The summed E-state index contributed by atoms with van der Waals surface area (Å²) in [7, 11) is 0. The summed E-state index contributed by atoms with van der Waals surface area (Å²) >= 11 is 2.55. The van der Waals surface area contributed by atoms with Crippen molar-refractivity contribution < 1.29 is 23.5 Å². The highest BCUT2D eigenvalue weighted by atomic mass is 32.2. The lowest BCUT2D eigenvalue weighted by molar-refractivity contribution is -0.704. The number of thioether (sulfide) groups is 1. The van der Waals surface area contributed by atoms with Gasteiger partial charge in [0.2, 0.25) is 11.6 Å². The van der Waals surface area contributed by atoms with Crippen molar-refractivity contribution in [2.24, 2.45) is 0 Å². The van der Waals surface area contributed by atoms with Crippen molar-refractivity contribution in [1.29, 1.82) is 0 Å². The lowest BCUT2D eigenvalue weighted by Crippen LogP contribution is -2.37. The lowest BCUT2D eigenvalue weighted by atomic mass is 10.1. The molecule has 2 N–H and O–H groups in total. The van der Waals surface area contributed by atoms with Gasteiger partial charge in [-0.2, -0.15) is 0 Å². The topological polar surface area (TPSA) is 105 Å². The minimum atomic E-state index is -0.618. The number of amides is 1. The van der Waals surface area contributed by atoms with Crippen LogP contribution in [0, 0.1) is 6.92 Å². The first-order chi connectivity index (χ1) is 16.4. The van der Waals surface area contributed by atoms with E-state index >= 15 is 0 Å². The maximum atomic E-state index is 13.1. The molecule has 3 aromatic rings. The molecular formula is C24H28N3O5S2+. The second-order valence-corrected chi connectivity index (χ2v) is 10.6. The van der Waals surface area contributed by atoms with E-state index < -0.39 is 16.8 Å². The number of rotatable bonds is 7. The number of nitrogens with zero attached hydrogens (tertiary/aromatic N) is 1. The zero-order valence-electron chi connectivity index (χ0n) is 19.4. The van der Waals surface area contributed by atoms with Crippen molar-refractivity contribution in [3.63, 3.8) is 0 Å². The quantitative estimate of drug-likeness (QED) is 0.217. The van der Waals surface area contributed by atoms with Crippen LogP contribution < -0.4 is 15.6 Å². The first-order valence-electron chi connectivity index (χ1n) is 11.4. The smallest absolute Gasteiger partial charge is 0.442 e. The number of benzene rings is 1. The van der Waals surface area contributed by atoms with Crippen LogP contribution in [0.15, 0.2) is 38.6 Å². The van der Waals surface area contributed by atoms with E-state index in [0.717, 1.165) is 65.6 Å². The fourth-order valence-electron chi connectivity index (χ4n) is 3.91. The molecule has 10 heteroatoms. The number of aromatic nitrogens is 2. The number of thiophene rings is 1. The van der Waals surface area contributed by atoms with E-state index in [1.165, 1.54) is 16.0 Å². The van der Waals surface area contributed by atoms with Gasteiger partial charge in [-0.05, 0) is 73.7 Å². The zero-order chi connectivity index (χ0) is 24.2.